The molecule has 1 saturated carbocycles. The lowest BCUT2D eigenvalue weighted by Crippen LogP contribution is -2.03. The largest absolute Gasteiger partial charge is 0.481 e. The Hall–Kier alpha value is -1.02. The third-order valence-corrected chi connectivity index (χ3v) is 3.92. The maximum absolute atomic E-state index is 11.1. The lowest BCUT2D eigenvalue weighted by atomic mass is 10.0. The zero-order valence-electron chi connectivity index (χ0n) is 9.62. The van der Waals surface area contributed by atoms with Crippen molar-refractivity contribution in [2.75, 3.05) is 0 Å². The molecule has 0 spiro atoms. The van der Waals surface area contributed by atoms with E-state index in [9.17, 15) is 4.79 Å². The number of rotatable bonds is 2. The number of hydrogen-bond acceptors (Lipinski definition) is 1. The van der Waals surface area contributed by atoms with E-state index >= 15 is 0 Å². The van der Waals surface area contributed by atoms with Gasteiger partial charge in [-0.25, -0.2) is 0 Å². The molecule has 1 fully saturated rings. The molecule has 1 aromatic rings. The second-order valence-corrected chi connectivity index (χ2v) is 5.55. The highest BCUT2D eigenvalue weighted by Crippen LogP contribution is 2.65. The molecule has 0 amide bonds. The molecule has 86 valence electrons. The lowest BCUT2D eigenvalue weighted by molar-refractivity contribution is -0.139. The molecule has 0 aliphatic heterocycles. The van der Waals surface area contributed by atoms with Gasteiger partial charge < -0.3 is 5.11 Å². The van der Waals surface area contributed by atoms with E-state index in [4.69, 9.17) is 16.7 Å². The van der Waals surface area contributed by atoms with E-state index in [1.54, 1.807) is 0 Å². The standard InChI is InChI=1S/C13H15ClO2/c1-7-4-5-9(14)8(6-7)10-11(12(15)16)13(10,2)3/h4-6,10-11H,1-3H3,(H,15,16)/t10-,11+/m1/s1. The van der Waals surface area contributed by atoms with Crippen molar-refractivity contribution in [2.24, 2.45) is 11.3 Å². The molecular weight excluding hydrogens is 224 g/mol. The summed E-state index contributed by atoms with van der Waals surface area (Å²) in [5.74, 6) is -1.00. The van der Waals surface area contributed by atoms with Crippen LogP contribution in [0.2, 0.25) is 5.02 Å². The molecule has 2 atom stereocenters. The van der Waals surface area contributed by atoms with Crippen LogP contribution in [0.3, 0.4) is 0 Å². The van der Waals surface area contributed by atoms with E-state index in [2.05, 4.69) is 0 Å². The number of aryl methyl sites for hydroxylation is 1. The molecule has 1 N–H and O–H groups in total. The summed E-state index contributed by atoms with van der Waals surface area (Å²) < 4.78 is 0. The molecule has 0 radical (unpaired) electrons. The average Bonchev–Trinajstić information content (AvgIpc) is 2.73. The fourth-order valence-corrected chi connectivity index (χ4v) is 2.82. The zero-order chi connectivity index (χ0) is 12.1. The summed E-state index contributed by atoms with van der Waals surface area (Å²) >= 11 is 6.14. The third-order valence-electron chi connectivity index (χ3n) is 3.58. The summed E-state index contributed by atoms with van der Waals surface area (Å²) in [7, 11) is 0. The molecule has 3 heteroatoms. The summed E-state index contributed by atoms with van der Waals surface area (Å²) in [6.07, 6.45) is 0. The van der Waals surface area contributed by atoms with Crippen molar-refractivity contribution in [3.8, 4) is 0 Å². The van der Waals surface area contributed by atoms with Gasteiger partial charge in [0.15, 0.2) is 0 Å². The first kappa shape index (κ1) is 11.5. The minimum Gasteiger partial charge on any atom is -0.481 e. The SMILES string of the molecule is Cc1ccc(Cl)c([C@@H]2[C@@H](C(=O)O)C2(C)C)c1. The molecule has 0 unspecified atom stereocenters. The molecule has 0 aromatic heterocycles. The van der Waals surface area contributed by atoms with Gasteiger partial charge in [-0.2, -0.15) is 0 Å². The molecule has 16 heavy (non-hydrogen) atoms. The number of aliphatic carboxylic acids is 1. The Kier molecular flexibility index (Phi) is 2.50. The van der Waals surface area contributed by atoms with Crippen LogP contribution < -0.4 is 0 Å². The van der Waals surface area contributed by atoms with Gasteiger partial charge in [-0.3, -0.25) is 4.79 Å². The van der Waals surface area contributed by atoms with Crippen LogP contribution in [0.5, 0.6) is 0 Å². The van der Waals surface area contributed by atoms with Crippen molar-refractivity contribution in [1.29, 1.82) is 0 Å². The first-order valence-corrected chi connectivity index (χ1v) is 5.72. The Labute approximate surface area is 100 Å². The number of carboxylic acids is 1. The van der Waals surface area contributed by atoms with Gasteiger partial charge in [0.05, 0.1) is 5.92 Å². The fraction of sp³-hybridized carbons (Fsp3) is 0.462. The van der Waals surface area contributed by atoms with Gasteiger partial charge in [-0.1, -0.05) is 43.1 Å². The molecule has 0 bridgehead atoms. The predicted octanol–water partition coefficient (Wildman–Crippen LogP) is 3.47. The quantitative estimate of drug-likeness (QED) is 0.857. The Morgan fingerprint density at radius 1 is 1.44 bits per heavy atom. The van der Waals surface area contributed by atoms with Crippen LogP contribution >= 0.6 is 11.6 Å². The predicted molar refractivity (Wildman–Crippen MR) is 63.8 cm³/mol. The van der Waals surface area contributed by atoms with Crippen LogP contribution in [-0.4, -0.2) is 11.1 Å². The maximum atomic E-state index is 11.1. The molecule has 1 aromatic carbocycles. The van der Waals surface area contributed by atoms with Crippen molar-refractivity contribution < 1.29 is 9.90 Å². The highest BCUT2D eigenvalue weighted by Gasteiger charge is 2.63. The number of carboxylic acid groups (broad SMARTS) is 1. The second-order valence-electron chi connectivity index (χ2n) is 5.14. The molecule has 2 rings (SSSR count). The van der Waals surface area contributed by atoms with Crippen molar-refractivity contribution in [3.05, 3.63) is 34.3 Å². The van der Waals surface area contributed by atoms with Gasteiger partial charge in [0, 0.05) is 10.9 Å². The topological polar surface area (TPSA) is 37.3 Å². The van der Waals surface area contributed by atoms with Gasteiger partial charge in [-0.05, 0) is 24.0 Å². The van der Waals surface area contributed by atoms with Crippen molar-refractivity contribution in [3.63, 3.8) is 0 Å². The van der Waals surface area contributed by atoms with Crippen LogP contribution in [0.4, 0.5) is 0 Å². The Morgan fingerprint density at radius 3 is 2.56 bits per heavy atom. The minimum absolute atomic E-state index is 0.0393. The molecule has 0 heterocycles. The van der Waals surface area contributed by atoms with Crippen LogP contribution in [0.15, 0.2) is 18.2 Å². The molecule has 1 aliphatic carbocycles. The van der Waals surface area contributed by atoms with E-state index < -0.39 is 5.97 Å². The van der Waals surface area contributed by atoms with Crippen LogP contribution in [0, 0.1) is 18.3 Å². The monoisotopic (exact) mass is 238 g/mol. The maximum Gasteiger partial charge on any atom is 0.307 e. The van der Waals surface area contributed by atoms with Gasteiger partial charge in [0.2, 0.25) is 0 Å². The normalized spacial score (nSPS) is 26.5. The number of benzene rings is 1. The van der Waals surface area contributed by atoms with Crippen molar-refractivity contribution >= 4 is 17.6 Å². The number of hydrogen-bond donors (Lipinski definition) is 1. The minimum atomic E-state index is -0.729. The smallest absolute Gasteiger partial charge is 0.307 e. The van der Waals surface area contributed by atoms with E-state index in [1.807, 2.05) is 39.0 Å². The van der Waals surface area contributed by atoms with Crippen molar-refractivity contribution in [1.82, 2.24) is 0 Å². The summed E-state index contributed by atoms with van der Waals surface area (Å²) in [6.45, 7) is 5.95. The summed E-state index contributed by atoms with van der Waals surface area (Å²) in [4.78, 5) is 11.1. The second kappa shape index (κ2) is 3.49. The average molecular weight is 239 g/mol. The summed E-state index contributed by atoms with van der Waals surface area (Å²) in [5, 5.41) is 9.81. The third kappa shape index (κ3) is 1.61. The summed E-state index contributed by atoms with van der Waals surface area (Å²) in [5.41, 5.74) is 1.90. The fourth-order valence-electron chi connectivity index (χ4n) is 2.58. The molecule has 1 aliphatic rings. The highest BCUT2D eigenvalue weighted by molar-refractivity contribution is 6.31. The van der Waals surface area contributed by atoms with Crippen LogP contribution in [0.25, 0.3) is 0 Å². The van der Waals surface area contributed by atoms with E-state index in [0.717, 1.165) is 11.1 Å². The first-order chi connectivity index (χ1) is 7.35. The zero-order valence-corrected chi connectivity index (χ0v) is 10.4. The van der Waals surface area contributed by atoms with Crippen molar-refractivity contribution in [2.45, 2.75) is 26.7 Å². The number of carbonyl (C=O) groups is 1. The van der Waals surface area contributed by atoms with E-state index in [1.165, 1.54) is 0 Å². The Bertz CT molecular complexity index is 451. The molecular formula is C13H15ClO2. The van der Waals surface area contributed by atoms with Gasteiger partial charge in [0.1, 0.15) is 0 Å². The van der Waals surface area contributed by atoms with Gasteiger partial charge >= 0.3 is 5.97 Å². The van der Waals surface area contributed by atoms with Crippen LogP contribution in [-0.2, 0) is 4.79 Å². The van der Waals surface area contributed by atoms with Crippen LogP contribution in [0.1, 0.15) is 30.9 Å². The highest BCUT2D eigenvalue weighted by atomic mass is 35.5. The Balaban J connectivity index is 2.40. The molecule has 2 nitrogen and oxygen atoms in total. The summed E-state index contributed by atoms with van der Waals surface area (Å²) in [6, 6.07) is 5.79. The number of halogens is 1. The lowest BCUT2D eigenvalue weighted by Gasteiger charge is -2.06. The van der Waals surface area contributed by atoms with E-state index in [0.29, 0.717) is 5.02 Å². The van der Waals surface area contributed by atoms with Gasteiger partial charge in [0.25, 0.3) is 0 Å². The first-order valence-electron chi connectivity index (χ1n) is 5.34. The Morgan fingerprint density at radius 2 is 2.06 bits per heavy atom. The molecule has 0 saturated heterocycles. The van der Waals surface area contributed by atoms with Gasteiger partial charge in [-0.15, -0.1) is 0 Å². The van der Waals surface area contributed by atoms with E-state index in [-0.39, 0.29) is 17.3 Å².